The maximum absolute atomic E-state index is 12.6. The van der Waals surface area contributed by atoms with Gasteiger partial charge >= 0.3 is 0 Å². The molecular formula is C12H16F2O2. The zero-order chi connectivity index (χ0) is 12.0. The Kier molecular flexibility index (Phi) is 4.83. The van der Waals surface area contributed by atoms with Crippen molar-refractivity contribution in [2.75, 3.05) is 13.2 Å². The van der Waals surface area contributed by atoms with Crippen molar-refractivity contribution in [3.05, 3.63) is 35.9 Å². The molecule has 0 heterocycles. The summed E-state index contributed by atoms with van der Waals surface area (Å²) in [5.41, 5.74) is -0.550. The van der Waals surface area contributed by atoms with E-state index in [2.05, 4.69) is 0 Å². The van der Waals surface area contributed by atoms with Crippen molar-refractivity contribution in [2.24, 2.45) is 5.41 Å². The predicted molar refractivity (Wildman–Crippen MR) is 57.3 cm³/mol. The van der Waals surface area contributed by atoms with Gasteiger partial charge in [0.2, 0.25) is 6.43 Å². The molecule has 0 bridgehead atoms. The highest BCUT2D eigenvalue weighted by atomic mass is 19.3. The number of benzene rings is 1. The summed E-state index contributed by atoms with van der Waals surface area (Å²) in [5, 5.41) is 8.89. The summed E-state index contributed by atoms with van der Waals surface area (Å²) >= 11 is 0. The Morgan fingerprint density at radius 2 is 1.94 bits per heavy atom. The molecule has 0 aliphatic heterocycles. The summed E-state index contributed by atoms with van der Waals surface area (Å²) in [4.78, 5) is 0. The molecule has 0 aromatic heterocycles. The lowest BCUT2D eigenvalue weighted by molar-refractivity contribution is -0.0847. The van der Waals surface area contributed by atoms with Crippen molar-refractivity contribution in [2.45, 2.75) is 20.0 Å². The second-order valence-electron chi connectivity index (χ2n) is 4.09. The van der Waals surface area contributed by atoms with Crippen molar-refractivity contribution >= 4 is 0 Å². The van der Waals surface area contributed by atoms with Gasteiger partial charge in [0, 0.05) is 0 Å². The number of alkyl halides is 2. The first-order valence-corrected chi connectivity index (χ1v) is 5.09. The van der Waals surface area contributed by atoms with E-state index in [9.17, 15) is 8.78 Å². The van der Waals surface area contributed by atoms with E-state index < -0.39 is 18.4 Å². The summed E-state index contributed by atoms with van der Waals surface area (Å²) in [6.45, 7) is 0.849. The zero-order valence-electron chi connectivity index (χ0n) is 9.20. The average Bonchev–Trinajstić information content (AvgIpc) is 2.30. The molecule has 0 radical (unpaired) electrons. The molecule has 1 rings (SSSR count). The molecule has 1 atom stereocenters. The van der Waals surface area contributed by atoms with Crippen LogP contribution in [0.2, 0.25) is 0 Å². The Morgan fingerprint density at radius 1 is 1.31 bits per heavy atom. The highest BCUT2D eigenvalue weighted by Gasteiger charge is 2.34. The maximum Gasteiger partial charge on any atom is 0.248 e. The fourth-order valence-corrected chi connectivity index (χ4v) is 1.15. The number of aliphatic hydroxyl groups is 1. The fraction of sp³-hybridized carbons (Fsp3) is 0.500. The molecule has 0 spiro atoms. The fourth-order valence-electron chi connectivity index (χ4n) is 1.15. The molecule has 1 N–H and O–H groups in total. The molecule has 0 amide bonds. The number of rotatable bonds is 6. The third-order valence-corrected chi connectivity index (χ3v) is 2.43. The first kappa shape index (κ1) is 13.1. The SMILES string of the molecule is CC(CO)(COCc1ccccc1)C(F)F. The predicted octanol–water partition coefficient (Wildman–Crippen LogP) is 2.47. The van der Waals surface area contributed by atoms with Crippen LogP contribution < -0.4 is 0 Å². The Morgan fingerprint density at radius 3 is 2.44 bits per heavy atom. The second-order valence-corrected chi connectivity index (χ2v) is 4.09. The molecule has 2 nitrogen and oxygen atoms in total. The third-order valence-electron chi connectivity index (χ3n) is 2.43. The van der Waals surface area contributed by atoms with Crippen molar-refractivity contribution in [3.63, 3.8) is 0 Å². The molecule has 0 aliphatic carbocycles. The quantitative estimate of drug-likeness (QED) is 0.813. The number of hydrogen-bond donors (Lipinski definition) is 1. The summed E-state index contributed by atoms with van der Waals surface area (Å²) in [6.07, 6.45) is -2.59. The largest absolute Gasteiger partial charge is 0.395 e. The highest BCUT2D eigenvalue weighted by Crippen LogP contribution is 2.25. The van der Waals surface area contributed by atoms with Crippen LogP contribution in [-0.4, -0.2) is 24.7 Å². The maximum atomic E-state index is 12.6. The number of hydrogen-bond acceptors (Lipinski definition) is 2. The third kappa shape index (κ3) is 3.54. The van der Waals surface area contributed by atoms with Crippen LogP contribution in [0.3, 0.4) is 0 Å². The lowest BCUT2D eigenvalue weighted by atomic mass is 9.94. The Balaban J connectivity index is 2.40. The smallest absolute Gasteiger partial charge is 0.248 e. The van der Waals surface area contributed by atoms with Gasteiger partial charge in [0.05, 0.1) is 25.2 Å². The van der Waals surface area contributed by atoms with Gasteiger partial charge in [-0.2, -0.15) is 0 Å². The molecule has 1 aromatic carbocycles. The van der Waals surface area contributed by atoms with Gasteiger partial charge in [0.1, 0.15) is 0 Å². The molecule has 4 heteroatoms. The van der Waals surface area contributed by atoms with E-state index in [0.717, 1.165) is 5.56 Å². The van der Waals surface area contributed by atoms with E-state index in [-0.39, 0.29) is 13.2 Å². The van der Waals surface area contributed by atoms with Gasteiger partial charge in [0.25, 0.3) is 0 Å². The molecule has 1 unspecified atom stereocenters. The Labute approximate surface area is 93.9 Å². The van der Waals surface area contributed by atoms with Crippen LogP contribution >= 0.6 is 0 Å². The molecule has 0 saturated carbocycles. The lowest BCUT2D eigenvalue weighted by Crippen LogP contribution is -2.35. The van der Waals surface area contributed by atoms with Crippen LogP contribution in [-0.2, 0) is 11.3 Å². The molecule has 0 aliphatic rings. The normalized spacial score (nSPS) is 15.1. The number of halogens is 2. The van der Waals surface area contributed by atoms with Gasteiger partial charge in [0.15, 0.2) is 0 Å². The minimum absolute atomic E-state index is 0.157. The van der Waals surface area contributed by atoms with Crippen LogP contribution in [0, 0.1) is 5.41 Å². The topological polar surface area (TPSA) is 29.5 Å². The van der Waals surface area contributed by atoms with Gasteiger partial charge in [-0.05, 0) is 12.5 Å². The molecule has 90 valence electrons. The highest BCUT2D eigenvalue weighted by molar-refractivity contribution is 5.13. The van der Waals surface area contributed by atoms with Crippen molar-refractivity contribution < 1.29 is 18.6 Å². The minimum atomic E-state index is -2.59. The van der Waals surface area contributed by atoms with E-state index in [1.807, 2.05) is 30.3 Å². The molecule has 16 heavy (non-hydrogen) atoms. The zero-order valence-corrected chi connectivity index (χ0v) is 9.20. The van der Waals surface area contributed by atoms with Crippen LogP contribution in [0.4, 0.5) is 8.78 Å². The minimum Gasteiger partial charge on any atom is -0.395 e. The Bertz CT molecular complexity index is 303. The standard InChI is InChI=1S/C12H16F2O2/c1-12(8-15,11(13)14)9-16-7-10-5-3-2-4-6-10/h2-6,11,15H,7-9H2,1H3. The van der Waals surface area contributed by atoms with Crippen LogP contribution in [0.5, 0.6) is 0 Å². The number of aliphatic hydroxyl groups excluding tert-OH is 1. The summed E-state index contributed by atoms with van der Waals surface area (Å²) in [5.74, 6) is 0. The van der Waals surface area contributed by atoms with Crippen LogP contribution in [0.15, 0.2) is 30.3 Å². The van der Waals surface area contributed by atoms with E-state index in [1.165, 1.54) is 6.92 Å². The van der Waals surface area contributed by atoms with E-state index in [0.29, 0.717) is 0 Å². The van der Waals surface area contributed by atoms with E-state index in [4.69, 9.17) is 9.84 Å². The van der Waals surface area contributed by atoms with Crippen LogP contribution in [0.1, 0.15) is 12.5 Å². The van der Waals surface area contributed by atoms with Gasteiger partial charge in [-0.1, -0.05) is 30.3 Å². The van der Waals surface area contributed by atoms with Gasteiger partial charge in [-0.15, -0.1) is 0 Å². The van der Waals surface area contributed by atoms with Gasteiger partial charge in [-0.25, -0.2) is 8.78 Å². The number of ether oxygens (including phenoxy) is 1. The van der Waals surface area contributed by atoms with Crippen molar-refractivity contribution in [1.29, 1.82) is 0 Å². The monoisotopic (exact) mass is 230 g/mol. The van der Waals surface area contributed by atoms with Crippen LogP contribution in [0.25, 0.3) is 0 Å². The average molecular weight is 230 g/mol. The molecule has 1 aromatic rings. The van der Waals surface area contributed by atoms with E-state index >= 15 is 0 Å². The van der Waals surface area contributed by atoms with Gasteiger partial charge in [-0.3, -0.25) is 0 Å². The molecule has 0 fully saturated rings. The Hall–Kier alpha value is -1.00. The molecule has 0 saturated heterocycles. The summed E-state index contributed by atoms with van der Waals surface area (Å²) in [7, 11) is 0. The van der Waals surface area contributed by atoms with E-state index in [1.54, 1.807) is 0 Å². The summed E-state index contributed by atoms with van der Waals surface area (Å²) < 4.78 is 30.3. The summed E-state index contributed by atoms with van der Waals surface area (Å²) in [6, 6.07) is 9.31. The van der Waals surface area contributed by atoms with Crippen molar-refractivity contribution in [3.8, 4) is 0 Å². The first-order valence-electron chi connectivity index (χ1n) is 5.09. The lowest BCUT2D eigenvalue weighted by Gasteiger charge is -2.25. The molecular weight excluding hydrogens is 214 g/mol. The van der Waals surface area contributed by atoms with Crippen molar-refractivity contribution in [1.82, 2.24) is 0 Å². The first-order chi connectivity index (χ1) is 7.58. The second kappa shape index (κ2) is 5.92. The van der Waals surface area contributed by atoms with Gasteiger partial charge < -0.3 is 9.84 Å².